The van der Waals surface area contributed by atoms with Gasteiger partial charge in [-0.2, -0.15) is 0 Å². The maximum atomic E-state index is 11.6. The minimum Gasteiger partial charge on any atom is -0.383 e. The van der Waals surface area contributed by atoms with Gasteiger partial charge in [-0.05, 0) is 24.1 Å². The summed E-state index contributed by atoms with van der Waals surface area (Å²) in [6.07, 6.45) is 5.85. The van der Waals surface area contributed by atoms with Gasteiger partial charge in [-0.15, -0.1) is 0 Å². The number of hydrogen-bond donors (Lipinski definition) is 0. The molecule has 0 aliphatic carbocycles. The van der Waals surface area contributed by atoms with Crippen molar-refractivity contribution < 1.29 is 4.79 Å². The third-order valence-corrected chi connectivity index (χ3v) is 2.01. The van der Waals surface area contributed by atoms with Crippen LogP contribution in [0.25, 0.3) is 0 Å². The zero-order chi connectivity index (χ0) is 11.3. The number of aryl methyl sites for hydroxylation is 1. The number of nitrogens with zero attached hydrogens (tertiary/aromatic N) is 2. The summed E-state index contributed by atoms with van der Waals surface area (Å²) in [6, 6.07) is 3.76. The van der Waals surface area contributed by atoms with Crippen LogP contribution in [0.1, 0.15) is 23.0 Å². The Labute approximate surface area is 90.4 Å². The van der Waals surface area contributed by atoms with E-state index in [0.717, 1.165) is 12.0 Å². The smallest absolute Gasteiger partial charge is 0.205 e. The van der Waals surface area contributed by atoms with Crippen LogP contribution in [0.5, 0.6) is 0 Å². The molecule has 0 atom stereocenters. The Morgan fingerprint density at radius 1 is 1.53 bits per heavy atom. The van der Waals surface area contributed by atoms with Crippen molar-refractivity contribution in [3.8, 4) is 0 Å². The van der Waals surface area contributed by atoms with E-state index in [0.29, 0.717) is 5.69 Å². The van der Waals surface area contributed by atoms with E-state index in [9.17, 15) is 4.79 Å². The lowest BCUT2D eigenvalue weighted by molar-refractivity contribution is 0.104. The van der Waals surface area contributed by atoms with Gasteiger partial charge in [-0.25, -0.2) is 0 Å². The third kappa shape index (κ3) is 3.54. The molecule has 3 heteroatoms. The van der Waals surface area contributed by atoms with Crippen LogP contribution >= 0.6 is 0 Å². The molecule has 0 unspecified atom stereocenters. The molecule has 0 spiro atoms. The number of rotatable bonds is 4. The van der Waals surface area contributed by atoms with Gasteiger partial charge in [0, 0.05) is 32.6 Å². The lowest BCUT2D eigenvalue weighted by Crippen LogP contribution is -2.04. The van der Waals surface area contributed by atoms with Crippen molar-refractivity contribution in [1.29, 1.82) is 0 Å². The molecule has 0 saturated heterocycles. The maximum absolute atomic E-state index is 11.6. The second kappa shape index (κ2) is 5.29. The first-order valence-corrected chi connectivity index (χ1v) is 4.97. The van der Waals surface area contributed by atoms with Crippen molar-refractivity contribution in [3.05, 3.63) is 41.9 Å². The lowest BCUT2D eigenvalue weighted by atomic mass is 10.1. The van der Waals surface area contributed by atoms with Crippen LogP contribution in [0, 0.1) is 0 Å². The first-order chi connectivity index (χ1) is 7.13. The molecule has 0 aliphatic heterocycles. The van der Waals surface area contributed by atoms with E-state index in [1.165, 1.54) is 6.08 Å². The summed E-state index contributed by atoms with van der Waals surface area (Å²) in [5, 5.41) is 0. The van der Waals surface area contributed by atoms with E-state index in [1.807, 2.05) is 31.1 Å². The van der Waals surface area contributed by atoms with Crippen molar-refractivity contribution in [3.63, 3.8) is 0 Å². The van der Waals surface area contributed by atoms with Crippen molar-refractivity contribution >= 4 is 5.78 Å². The molecule has 15 heavy (non-hydrogen) atoms. The largest absolute Gasteiger partial charge is 0.383 e. The Morgan fingerprint density at radius 3 is 2.87 bits per heavy atom. The number of carbonyl (C=O) groups is 1. The summed E-state index contributed by atoms with van der Waals surface area (Å²) in [5.74, 6) is -0.0565. The van der Waals surface area contributed by atoms with E-state index < -0.39 is 0 Å². The van der Waals surface area contributed by atoms with Gasteiger partial charge in [0.25, 0.3) is 0 Å². The average molecular weight is 204 g/mol. The average Bonchev–Trinajstić information content (AvgIpc) is 2.26. The third-order valence-electron chi connectivity index (χ3n) is 2.01. The van der Waals surface area contributed by atoms with Gasteiger partial charge in [-0.3, -0.25) is 9.78 Å². The second-order valence-electron chi connectivity index (χ2n) is 3.55. The number of ketones is 1. The van der Waals surface area contributed by atoms with Crippen molar-refractivity contribution in [2.45, 2.75) is 13.3 Å². The highest BCUT2D eigenvalue weighted by Crippen LogP contribution is 2.04. The molecular formula is C12H16N2O. The first kappa shape index (κ1) is 11.4. The molecule has 3 nitrogen and oxygen atoms in total. The predicted octanol–water partition coefficient (Wildman–Crippen LogP) is 1.90. The van der Waals surface area contributed by atoms with Gasteiger partial charge in [-0.1, -0.05) is 6.92 Å². The quantitative estimate of drug-likeness (QED) is 0.555. The summed E-state index contributed by atoms with van der Waals surface area (Å²) < 4.78 is 0. The van der Waals surface area contributed by atoms with Gasteiger partial charge in [0.2, 0.25) is 5.78 Å². The Kier molecular flexibility index (Phi) is 4.03. The van der Waals surface area contributed by atoms with E-state index in [4.69, 9.17) is 0 Å². The number of allylic oxidation sites excluding steroid dienone is 1. The first-order valence-electron chi connectivity index (χ1n) is 4.97. The van der Waals surface area contributed by atoms with Crippen LogP contribution in [-0.2, 0) is 6.42 Å². The van der Waals surface area contributed by atoms with Crippen LogP contribution in [0.3, 0.4) is 0 Å². The molecular weight excluding hydrogens is 188 g/mol. The van der Waals surface area contributed by atoms with Crippen LogP contribution in [-0.4, -0.2) is 29.8 Å². The molecule has 0 saturated carbocycles. The Balaban J connectivity index is 2.82. The van der Waals surface area contributed by atoms with Crippen molar-refractivity contribution in [2.24, 2.45) is 0 Å². The molecule has 1 rings (SSSR count). The normalized spacial score (nSPS) is 10.6. The molecule has 0 N–H and O–H groups in total. The summed E-state index contributed by atoms with van der Waals surface area (Å²) in [4.78, 5) is 17.5. The molecule has 1 heterocycles. The molecule has 0 bridgehead atoms. The molecule has 1 aromatic heterocycles. The van der Waals surface area contributed by atoms with Gasteiger partial charge < -0.3 is 4.90 Å². The molecule has 0 fully saturated rings. The fourth-order valence-corrected chi connectivity index (χ4v) is 1.13. The van der Waals surface area contributed by atoms with Crippen molar-refractivity contribution in [2.75, 3.05) is 14.1 Å². The molecule has 0 aliphatic rings. The van der Waals surface area contributed by atoms with Crippen LogP contribution in [0.15, 0.2) is 30.6 Å². The summed E-state index contributed by atoms with van der Waals surface area (Å²) in [7, 11) is 3.75. The standard InChI is InChI=1S/C12H16N2O/c1-4-10-5-7-13-11(9-10)12(15)6-8-14(2)3/h5-9H,4H2,1-3H3. The predicted molar refractivity (Wildman–Crippen MR) is 60.8 cm³/mol. The number of carbonyl (C=O) groups excluding carboxylic acids is 1. The van der Waals surface area contributed by atoms with Crippen LogP contribution in [0.2, 0.25) is 0 Å². The molecule has 0 aromatic carbocycles. The summed E-state index contributed by atoms with van der Waals surface area (Å²) >= 11 is 0. The van der Waals surface area contributed by atoms with Gasteiger partial charge in [0.05, 0.1) is 0 Å². The molecule has 0 radical (unpaired) electrons. The highest BCUT2D eigenvalue weighted by atomic mass is 16.1. The second-order valence-corrected chi connectivity index (χ2v) is 3.55. The van der Waals surface area contributed by atoms with Crippen LogP contribution in [0.4, 0.5) is 0 Å². The minimum absolute atomic E-state index is 0.0565. The zero-order valence-corrected chi connectivity index (χ0v) is 9.40. The number of aromatic nitrogens is 1. The van der Waals surface area contributed by atoms with Gasteiger partial charge in [0.1, 0.15) is 5.69 Å². The Hall–Kier alpha value is -1.64. The summed E-state index contributed by atoms with van der Waals surface area (Å²) in [5.41, 5.74) is 1.64. The van der Waals surface area contributed by atoms with E-state index in [-0.39, 0.29) is 5.78 Å². The lowest BCUT2D eigenvalue weighted by Gasteiger charge is -2.03. The van der Waals surface area contributed by atoms with Crippen LogP contribution < -0.4 is 0 Å². The van der Waals surface area contributed by atoms with E-state index >= 15 is 0 Å². The van der Waals surface area contributed by atoms with Crippen molar-refractivity contribution in [1.82, 2.24) is 9.88 Å². The monoisotopic (exact) mass is 204 g/mol. The zero-order valence-electron chi connectivity index (χ0n) is 9.40. The summed E-state index contributed by atoms with van der Waals surface area (Å²) in [6.45, 7) is 2.05. The highest BCUT2D eigenvalue weighted by Gasteiger charge is 2.03. The molecule has 1 aromatic rings. The van der Waals surface area contributed by atoms with Gasteiger partial charge >= 0.3 is 0 Å². The Bertz CT molecular complexity index is 370. The van der Waals surface area contributed by atoms with E-state index in [2.05, 4.69) is 11.9 Å². The molecule has 80 valence electrons. The van der Waals surface area contributed by atoms with Gasteiger partial charge in [0.15, 0.2) is 0 Å². The number of pyridine rings is 1. The van der Waals surface area contributed by atoms with E-state index in [1.54, 1.807) is 12.4 Å². The fraction of sp³-hybridized carbons (Fsp3) is 0.333. The minimum atomic E-state index is -0.0565. The fourth-order valence-electron chi connectivity index (χ4n) is 1.13. The number of hydrogen-bond acceptors (Lipinski definition) is 3. The Morgan fingerprint density at radius 2 is 2.27 bits per heavy atom. The highest BCUT2D eigenvalue weighted by molar-refractivity contribution is 6.02. The SMILES string of the molecule is CCc1ccnc(C(=O)C=CN(C)C)c1. The molecule has 0 amide bonds. The topological polar surface area (TPSA) is 33.2 Å². The maximum Gasteiger partial charge on any atom is 0.205 e.